The number of nitrogens with one attached hydrogen (secondary N) is 1. The van der Waals surface area contributed by atoms with E-state index in [-0.39, 0.29) is 29.4 Å². The molecule has 1 aliphatic rings. The van der Waals surface area contributed by atoms with E-state index in [1.807, 2.05) is 0 Å². The van der Waals surface area contributed by atoms with Crippen molar-refractivity contribution in [2.75, 3.05) is 17.7 Å². The summed E-state index contributed by atoms with van der Waals surface area (Å²) in [7, 11) is 0. The standard InChI is InChI=1S/C21H19N5O4S/c27-19-12-31-21(29)26(19)11-15-3-1-4-16(9-15)20(28)24-17-5-2-6-18(10-17)30-8-7-25-14-22-13-23-25/h1-6,9-10,13-14H,7-8,11-12H2,(H,24,28). The molecule has 9 nitrogen and oxygen atoms in total. The monoisotopic (exact) mass is 437 g/mol. The van der Waals surface area contributed by atoms with Crippen LogP contribution in [-0.4, -0.2) is 49.1 Å². The van der Waals surface area contributed by atoms with E-state index < -0.39 is 0 Å². The molecule has 2 aromatic carbocycles. The number of rotatable bonds is 8. The number of benzene rings is 2. The van der Waals surface area contributed by atoms with Crippen molar-refractivity contribution in [3.63, 3.8) is 0 Å². The molecule has 1 saturated heterocycles. The molecule has 0 atom stereocenters. The van der Waals surface area contributed by atoms with Crippen molar-refractivity contribution >= 4 is 34.5 Å². The number of imide groups is 1. The summed E-state index contributed by atoms with van der Waals surface area (Å²) in [6.07, 6.45) is 3.08. The maximum atomic E-state index is 12.7. The molecule has 0 bridgehead atoms. The third kappa shape index (κ3) is 5.28. The van der Waals surface area contributed by atoms with Gasteiger partial charge < -0.3 is 10.1 Å². The van der Waals surface area contributed by atoms with Crippen LogP contribution >= 0.6 is 11.8 Å². The number of nitrogens with zero attached hydrogens (tertiary/aromatic N) is 4. The fraction of sp³-hybridized carbons (Fsp3) is 0.190. The van der Waals surface area contributed by atoms with E-state index in [2.05, 4.69) is 15.4 Å². The van der Waals surface area contributed by atoms with E-state index in [1.54, 1.807) is 59.5 Å². The molecule has 1 fully saturated rings. The van der Waals surface area contributed by atoms with Crippen molar-refractivity contribution in [2.45, 2.75) is 13.1 Å². The van der Waals surface area contributed by atoms with Gasteiger partial charge in [0.15, 0.2) is 0 Å². The number of carbonyl (C=O) groups is 3. The molecule has 4 rings (SSSR count). The van der Waals surface area contributed by atoms with Crippen molar-refractivity contribution in [1.29, 1.82) is 0 Å². The zero-order valence-electron chi connectivity index (χ0n) is 16.4. The van der Waals surface area contributed by atoms with Gasteiger partial charge in [0.2, 0.25) is 5.91 Å². The molecule has 0 unspecified atom stereocenters. The average molecular weight is 437 g/mol. The van der Waals surface area contributed by atoms with Gasteiger partial charge in [-0.05, 0) is 29.8 Å². The Morgan fingerprint density at radius 1 is 1.16 bits per heavy atom. The normalized spacial score (nSPS) is 13.5. The Kier molecular flexibility index (Phi) is 6.27. The largest absolute Gasteiger partial charge is 0.492 e. The molecule has 1 aromatic heterocycles. The summed E-state index contributed by atoms with van der Waals surface area (Å²) in [5.41, 5.74) is 1.73. The van der Waals surface area contributed by atoms with Gasteiger partial charge in [-0.15, -0.1) is 0 Å². The van der Waals surface area contributed by atoms with Gasteiger partial charge in [0.05, 0.1) is 18.8 Å². The molecule has 0 saturated carbocycles. The fourth-order valence-corrected chi connectivity index (χ4v) is 3.72. The molecule has 31 heavy (non-hydrogen) atoms. The molecule has 158 valence electrons. The van der Waals surface area contributed by atoms with E-state index in [9.17, 15) is 14.4 Å². The Labute approximate surface area is 182 Å². The molecule has 3 amide bonds. The highest BCUT2D eigenvalue weighted by molar-refractivity contribution is 8.14. The minimum absolute atomic E-state index is 0.154. The maximum absolute atomic E-state index is 12.7. The number of anilines is 1. The highest BCUT2D eigenvalue weighted by Gasteiger charge is 2.29. The van der Waals surface area contributed by atoms with Crippen molar-refractivity contribution in [3.05, 3.63) is 72.3 Å². The first-order valence-corrected chi connectivity index (χ1v) is 10.5. The minimum Gasteiger partial charge on any atom is -0.492 e. The molecule has 0 aliphatic carbocycles. The summed E-state index contributed by atoms with van der Waals surface area (Å²) in [5, 5.41) is 6.59. The Morgan fingerprint density at radius 2 is 2.03 bits per heavy atom. The predicted octanol–water partition coefficient (Wildman–Crippen LogP) is 2.80. The number of carbonyl (C=O) groups excluding carboxylic acids is 3. The molecule has 2 heterocycles. The van der Waals surface area contributed by atoms with Gasteiger partial charge in [-0.25, -0.2) is 9.67 Å². The number of aromatic nitrogens is 3. The van der Waals surface area contributed by atoms with Gasteiger partial charge in [0.1, 0.15) is 25.0 Å². The second-order valence-electron chi connectivity index (χ2n) is 6.72. The number of hydrogen-bond acceptors (Lipinski definition) is 7. The zero-order valence-corrected chi connectivity index (χ0v) is 17.2. The molecule has 10 heteroatoms. The summed E-state index contributed by atoms with van der Waals surface area (Å²) in [4.78, 5) is 41.4. The van der Waals surface area contributed by atoms with Crippen LogP contribution in [0.15, 0.2) is 61.2 Å². The van der Waals surface area contributed by atoms with Crippen molar-refractivity contribution in [2.24, 2.45) is 0 Å². The molecule has 0 spiro atoms. The average Bonchev–Trinajstić information content (AvgIpc) is 3.40. The molecular weight excluding hydrogens is 418 g/mol. The maximum Gasteiger partial charge on any atom is 0.289 e. The van der Waals surface area contributed by atoms with Crippen LogP contribution in [0.4, 0.5) is 10.5 Å². The van der Waals surface area contributed by atoms with E-state index >= 15 is 0 Å². The fourth-order valence-electron chi connectivity index (χ4n) is 3.00. The van der Waals surface area contributed by atoms with Gasteiger partial charge in [-0.3, -0.25) is 19.3 Å². The topological polar surface area (TPSA) is 106 Å². The Balaban J connectivity index is 1.36. The SMILES string of the molecule is O=C(Nc1cccc(OCCn2cncn2)c1)c1cccc(CN2C(=O)CSC2=O)c1. The van der Waals surface area contributed by atoms with Crippen LogP contribution in [0.3, 0.4) is 0 Å². The Morgan fingerprint density at radius 3 is 2.81 bits per heavy atom. The van der Waals surface area contributed by atoms with Crippen LogP contribution in [-0.2, 0) is 17.9 Å². The summed E-state index contributed by atoms with van der Waals surface area (Å²) in [6.45, 7) is 1.12. The smallest absolute Gasteiger partial charge is 0.289 e. The van der Waals surface area contributed by atoms with E-state index in [0.717, 1.165) is 11.8 Å². The van der Waals surface area contributed by atoms with Crippen LogP contribution in [0.25, 0.3) is 0 Å². The lowest BCUT2D eigenvalue weighted by atomic mass is 10.1. The predicted molar refractivity (Wildman–Crippen MR) is 115 cm³/mol. The third-order valence-corrected chi connectivity index (χ3v) is 5.38. The highest BCUT2D eigenvalue weighted by Crippen LogP contribution is 2.22. The molecular formula is C21H19N5O4S. The molecule has 1 N–H and O–H groups in total. The molecule has 1 aliphatic heterocycles. The first-order chi connectivity index (χ1) is 15.1. The lowest BCUT2D eigenvalue weighted by Crippen LogP contribution is -2.28. The van der Waals surface area contributed by atoms with Crippen LogP contribution in [0.1, 0.15) is 15.9 Å². The second-order valence-corrected chi connectivity index (χ2v) is 7.65. The van der Waals surface area contributed by atoms with Crippen LogP contribution in [0.5, 0.6) is 5.75 Å². The summed E-state index contributed by atoms with van der Waals surface area (Å²) < 4.78 is 7.38. The quantitative estimate of drug-likeness (QED) is 0.577. The van der Waals surface area contributed by atoms with E-state index in [0.29, 0.717) is 35.7 Å². The van der Waals surface area contributed by atoms with Crippen LogP contribution < -0.4 is 10.1 Å². The summed E-state index contributed by atoms with van der Waals surface area (Å²) >= 11 is 0.989. The molecule has 0 radical (unpaired) electrons. The first kappa shape index (κ1) is 20.6. The van der Waals surface area contributed by atoms with Gasteiger partial charge in [0, 0.05) is 17.3 Å². The summed E-state index contributed by atoms with van der Waals surface area (Å²) in [6, 6.07) is 14.0. The van der Waals surface area contributed by atoms with Crippen molar-refractivity contribution in [3.8, 4) is 5.75 Å². The van der Waals surface area contributed by atoms with Crippen LogP contribution in [0.2, 0.25) is 0 Å². The lowest BCUT2D eigenvalue weighted by Gasteiger charge is -2.13. The number of ether oxygens (including phenoxy) is 1. The van der Waals surface area contributed by atoms with E-state index in [4.69, 9.17) is 4.74 Å². The number of hydrogen-bond donors (Lipinski definition) is 1. The zero-order chi connectivity index (χ0) is 21.6. The van der Waals surface area contributed by atoms with Gasteiger partial charge in [0.25, 0.3) is 11.1 Å². The van der Waals surface area contributed by atoms with Crippen molar-refractivity contribution < 1.29 is 19.1 Å². The summed E-state index contributed by atoms with van der Waals surface area (Å²) in [5.74, 6) is 0.270. The van der Waals surface area contributed by atoms with Crippen molar-refractivity contribution in [1.82, 2.24) is 19.7 Å². The molecule has 3 aromatic rings. The number of amides is 3. The first-order valence-electron chi connectivity index (χ1n) is 9.51. The van der Waals surface area contributed by atoms with E-state index in [1.165, 1.54) is 11.2 Å². The third-order valence-electron chi connectivity index (χ3n) is 4.52. The lowest BCUT2D eigenvalue weighted by molar-refractivity contribution is -0.125. The number of thioether (sulfide) groups is 1. The minimum atomic E-state index is -0.296. The highest BCUT2D eigenvalue weighted by atomic mass is 32.2. The second kappa shape index (κ2) is 9.43. The Hall–Kier alpha value is -3.66. The van der Waals surface area contributed by atoms with Crippen LogP contribution in [0, 0.1) is 0 Å². The Bertz CT molecular complexity index is 1090. The van der Waals surface area contributed by atoms with Gasteiger partial charge in [-0.2, -0.15) is 5.10 Å². The van der Waals surface area contributed by atoms with Gasteiger partial charge >= 0.3 is 0 Å². The van der Waals surface area contributed by atoms with Gasteiger partial charge in [-0.1, -0.05) is 30.0 Å².